The van der Waals surface area contributed by atoms with Gasteiger partial charge in [-0.2, -0.15) is 0 Å². The predicted molar refractivity (Wildman–Crippen MR) is 72.4 cm³/mol. The standard InChI is InChI=1S/C14H17ClN2/c1-9(2)11-4-6-12(7-5-11)14-10(3)16-13(8-15)17-14/h4-7,9H,8H2,1-3H3,(H,16,17). The van der Waals surface area contributed by atoms with E-state index in [0.29, 0.717) is 11.8 Å². The molecule has 90 valence electrons. The van der Waals surface area contributed by atoms with Crippen LogP contribution in [0, 0.1) is 6.92 Å². The molecule has 17 heavy (non-hydrogen) atoms. The Hall–Kier alpha value is -1.28. The average Bonchev–Trinajstić information content (AvgIpc) is 2.71. The van der Waals surface area contributed by atoms with Gasteiger partial charge in [0.2, 0.25) is 0 Å². The maximum atomic E-state index is 5.77. The molecule has 1 aromatic carbocycles. The molecule has 2 aromatic rings. The second-order valence-electron chi connectivity index (χ2n) is 4.57. The lowest BCUT2D eigenvalue weighted by Gasteiger charge is -2.06. The number of hydrogen-bond acceptors (Lipinski definition) is 1. The molecule has 0 bridgehead atoms. The third kappa shape index (κ3) is 2.52. The number of benzene rings is 1. The van der Waals surface area contributed by atoms with Gasteiger partial charge in [-0.05, 0) is 18.4 Å². The minimum absolute atomic E-state index is 0.422. The average molecular weight is 249 g/mol. The second-order valence-corrected chi connectivity index (χ2v) is 4.83. The highest BCUT2D eigenvalue weighted by Crippen LogP contribution is 2.24. The quantitative estimate of drug-likeness (QED) is 0.809. The number of aryl methyl sites for hydroxylation is 1. The minimum atomic E-state index is 0.422. The van der Waals surface area contributed by atoms with Gasteiger partial charge < -0.3 is 4.98 Å². The van der Waals surface area contributed by atoms with E-state index in [2.05, 4.69) is 48.1 Å². The Balaban J connectivity index is 2.36. The van der Waals surface area contributed by atoms with E-state index in [1.54, 1.807) is 0 Å². The van der Waals surface area contributed by atoms with Crippen molar-refractivity contribution in [3.63, 3.8) is 0 Å². The lowest BCUT2D eigenvalue weighted by atomic mass is 10.0. The summed E-state index contributed by atoms with van der Waals surface area (Å²) < 4.78 is 0. The number of aromatic amines is 1. The Morgan fingerprint density at radius 1 is 1.24 bits per heavy atom. The van der Waals surface area contributed by atoms with Crippen molar-refractivity contribution in [1.29, 1.82) is 0 Å². The van der Waals surface area contributed by atoms with Crippen molar-refractivity contribution in [2.24, 2.45) is 0 Å². The third-order valence-corrected chi connectivity index (χ3v) is 3.16. The first-order valence-corrected chi connectivity index (χ1v) is 6.37. The van der Waals surface area contributed by atoms with E-state index in [-0.39, 0.29) is 0 Å². The zero-order valence-electron chi connectivity index (χ0n) is 10.4. The van der Waals surface area contributed by atoms with E-state index in [1.807, 2.05) is 6.92 Å². The molecule has 0 radical (unpaired) electrons. The van der Waals surface area contributed by atoms with Crippen molar-refractivity contribution in [2.75, 3.05) is 0 Å². The summed E-state index contributed by atoms with van der Waals surface area (Å²) in [5, 5.41) is 0. The summed E-state index contributed by atoms with van der Waals surface area (Å²) in [5.74, 6) is 1.81. The van der Waals surface area contributed by atoms with Crippen LogP contribution in [-0.2, 0) is 5.88 Å². The van der Waals surface area contributed by atoms with Crippen LogP contribution in [0.2, 0.25) is 0 Å². The topological polar surface area (TPSA) is 28.7 Å². The molecular formula is C14H17ClN2. The molecule has 0 spiro atoms. The minimum Gasteiger partial charge on any atom is -0.345 e. The van der Waals surface area contributed by atoms with Crippen LogP contribution in [-0.4, -0.2) is 9.97 Å². The van der Waals surface area contributed by atoms with Crippen LogP contribution < -0.4 is 0 Å². The summed E-state index contributed by atoms with van der Waals surface area (Å²) in [6.07, 6.45) is 0. The predicted octanol–water partition coefficient (Wildman–Crippen LogP) is 4.25. The van der Waals surface area contributed by atoms with Gasteiger partial charge >= 0.3 is 0 Å². The second kappa shape index (κ2) is 4.92. The summed E-state index contributed by atoms with van der Waals surface area (Å²) in [7, 11) is 0. The SMILES string of the molecule is Cc1[nH]c(CCl)nc1-c1ccc(C(C)C)cc1. The third-order valence-electron chi connectivity index (χ3n) is 2.91. The number of halogens is 1. The fourth-order valence-electron chi connectivity index (χ4n) is 1.89. The molecule has 0 fully saturated rings. The first kappa shape index (κ1) is 12.2. The molecule has 1 heterocycles. The number of nitrogens with zero attached hydrogens (tertiary/aromatic N) is 1. The number of hydrogen-bond donors (Lipinski definition) is 1. The molecule has 2 rings (SSSR count). The highest BCUT2D eigenvalue weighted by molar-refractivity contribution is 6.16. The van der Waals surface area contributed by atoms with Gasteiger partial charge in [0.1, 0.15) is 5.82 Å². The molecule has 0 aliphatic carbocycles. The van der Waals surface area contributed by atoms with E-state index in [4.69, 9.17) is 11.6 Å². The summed E-state index contributed by atoms with van der Waals surface area (Å²) in [5.41, 5.74) is 4.55. The summed E-state index contributed by atoms with van der Waals surface area (Å²) in [4.78, 5) is 7.67. The van der Waals surface area contributed by atoms with E-state index in [9.17, 15) is 0 Å². The number of rotatable bonds is 3. The maximum Gasteiger partial charge on any atom is 0.121 e. The van der Waals surface area contributed by atoms with Gasteiger partial charge in [-0.3, -0.25) is 0 Å². The van der Waals surface area contributed by atoms with Gasteiger partial charge in [0.05, 0.1) is 11.6 Å². The van der Waals surface area contributed by atoms with Crippen molar-refractivity contribution in [3.8, 4) is 11.3 Å². The van der Waals surface area contributed by atoms with Gasteiger partial charge in [0.25, 0.3) is 0 Å². The molecule has 0 aliphatic heterocycles. The molecule has 2 nitrogen and oxygen atoms in total. The number of alkyl halides is 1. The highest BCUT2D eigenvalue weighted by atomic mass is 35.5. The molecule has 0 unspecified atom stereocenters. The Bertz CT molecular complexity index is 497. The molecule has 0 atom stereocenters. The molecule has 0 saturated heterocycles. The van der Waals surface area contributed by atoms with Crippen molar-refractivity contribution >= 4 is 11.6 Å². The van der Waals surface area contributed by atoms with Crippen molar-refractivity contribution in [1.82, 2.24) is 9.97 Å². The van der Waals surface area contributed by atoms with E-state index in [1.165, 1.54) is 5.56 Å². The first-order chi connectivity index (χ1) is 8.11. The first-order valence-electron chi connectivity index (χ1n) is 5.83. The number of aromatic nitrogens is 2. The molecule has 1 N–H and O–H groups in total. The van der Waals surface area contributed by atoms with E-state index in [0.717, 1.165) is 22.8 Å². The van der Waals surface area contributed by atoms with Gasteiger partial charge in [0.15, 0.2) is 0 Å². The van der Waals surface area contributed by atoms with Crippen LogP contribution in [0.15, 0.2) is 24.3 Å². The van der Waals surface area contributed by atoms with Crippen LogP contribution in [0.4, 0.5) is 0 Å². The number of H-pyrrole nitrogens is 1. The van der Waals surface area contributed by atoms with Crippen LogP contribution in [0.1, 0.15) is 36.8 Å². The summed E-state index contributed by atoms with van der Waals surface area (Å²) in [6.45, 7) is 6.41. The molecule has 1 aromatic heterocycles. The Morgan fingerprint density at radius 3 is 2.35 bits per heavy atom. The van der Waals surface area contributed by atoms with E-state index < -0.39 is 0 Å². The van der Waals surface area contributed by atoms with Crippen molar-refractivity contribution in [2.45, 2.75) is 32.6 Å². The highest BCUT2D eigenvalue weighted by Gasteiger charge is 2.08. The Labute approximate surface area is 107 Å². The van der Waals surface area contributed by atoms with Gasteiger partial charge in [-0.15, -0.1) is 11.6 Å². The lowest BCUT2D eigenvalue weighted by Crippen LogP contribution is -1.87. The summed E-state index contributed by atoms with van der Waals surface area (Å²) in [6, 6.07) is 8.57. The van der Waals surface area contributed by atoms with Crippen LogP contribution >= 0.6 is 11.6 Å². The largest absolute Gasteiger partial charge is 0.345 e. The van der Waals surface area contributed by atoms with Crippen LogP contribution in [0.3, 0.4) is 0 Å². The molecular weight excluding hydrogens is 232 g/mol. The van der Waals surface area contributed by atoms with Crippen molar-refractivity contribution in [3.05, 3.63) is 41.3 Å². The van der Waals surface area contributed by atoms with Gasteiger partial charge in [-0.1, -0.05) is 38.1 Å². The lowest BCUT2D eigenvalue weighted by molar-refractivity contribution is 0.867. The smallest absolute Gasteiger partial charge is 0.121 e. The monoisotopic (exact) mass is 248 g/mol. The summed E-state index contributed by atoms with van der Waals surface area (Å²) >= 11 is 5.77. The van der Waals surface area contributed by atoms with Crippen molar-refractivity contribution < 1.29 is 0 Å². The van der Waals surface area contributed by atoms with Gasteiger partial charge in [-0.25, -0.2) is 4.98 Å². The van der Waals surface area contributed by atoms with Crippen LogP contribution in [0.25, 0.3) is 11.3 Å². The zero-order valence-corrected chi connectivity index (χ0v) is 11.2. The molecule has 0 aliphatic rings. The van der Waals surface area contributed by atoms with E-state index >= 15 is 0 Å². The van der Waals surface area contributed by atoms with Crippen LogP contribution in [0.5, 0.6) is 0 Å². The normalized spacial score (nSPS) is 11.1. The Morgan fingerprint density at radius 2 is 1.88 bits per heavy atom. The van der Waals surface area contributed by atoms with Gasteiger partial charge in [0, 0.05) is 11.3 Å². The fraction of sp³-hybridized carbons (Fsp3) is 0.357. The molecule has 0 saturated carbocycles. The molecule has 0 amide bonds. The zero-order chi connectivity index (χ0) is 12.4. The fourth-order valence-corrected chi connectivity index (χ4v) is 2.02. The Kier molecular flexibility index (Phi) is 3.53. The molecule has 3 heteroatoms. The maximum absolute atomic E-state index is 5.77. The number of imidazole rings is 1. The number of nitrogens with one attached hydrogen (secondary N) is 1.